The van der Waals surface area contributed by atoms with Crippen LogP contribution in [0.1, 0.15) is 429 Å². The number of hydrogen-bond acceptors (Lipinski definition) is 17. The second-order valence-corrected chi connectivity index (χ2v) is 31.4. The molecular formula is C101H194O17. The van der Waals surface area contributed by atoms with Crippen LogP contribution in [0.3, 0.4) is 0 Å². The lowest BCUT2D eigenvalue weighted by Crippen LogP contribution is -2.45. The molecule has 0 N–H and O–H groups in total. The standard InChI is InChI=1S/C10H14O.C8H10O2.C8H12O.C7H10O2.C7H10O.C7H12O.C6H10O2.C6H12O.C5H8O2.C5H10O.C4H6O2.C4H8O.12C2H6/c11-10-8-2-6-1-7(4-8)5-9(10)3-6;9-8-6-2-4-1-5(6)7(3-4)10-8;1-5-2-7-6(1)4-9-8(7)3-5;8-7-5-2-1-3-6(4-5)9-7;8-7-4-5-1-2-6(7)3-5;1-2-6-4-7(3-1)8-5-6;7-6-4-2-1-3-5-8-6;1-2-4-6-7-5-3-1;6-5-3-1-2-4-7-5;1-2-4-6-5-3-1;5-4-2-1-3-6-4;1-2-4-5-3-1;12*1-2/h6-9H,1-5H2;4-7H,1-3H2;5-8H,1-4H2;5-6H,1-4H2;5-6H,1-4H2;6-7H,1-5H2;1-5H2;1-6H2;1-4H2;1-5H2;1-3H2;1-4H2;12*1-2H3. The minimum absolute atomic E-state index is 0.0255. The van der Waals surface area contributed by atoms with Gasteiger partial charge in [0.15, 0.2) is 0 Å². The van der Waals surface area contributed by atoms with E-state index >= 15 is 0 Å². The summed E-state index contributed by atoms with van der Waals surface area (Å²) in [6, 6.07) is 0. The third kappa shape index (κ3) is 48.7. The normalized spacial score (nSPS) is 31.6. The lowest BCUT2D eigenvalue weighted by atomic mass is 9.56. The Morgan fingerprint density at radius 2 is 0.669 bits per heavy atom. The number of esters is 5. The van der Waals surface area contributed by atoms with Crippen molar-refractivity contribution in [3.05, 3.63) is 0 Å². The first-order valence-electron chi connectivity index (χ1n) is 50.9. The molecule has 12 aliphatic carbocycles. The zero-order chi connectivity index (χ0) is 89.3. The first-order chi connectivity index (χ1) is 58.0. The summed E-state index contributed by atoms with van der Waals surface area (Å²) in [6.07, 6.45) is 50.7. The van der Waals surface area contributed by atoms with Crippen LogP contribution in [0.25, 0.3) is 0 Å². The van der Waals surface area contributed by atoms with E-state index in [2.05, 4.69) is 9.47 Å². The summed E-state index contributed by atoms with van der Waals surface area (Å²) in [7, 11) is 0. The topological polar surface area (TPSA) is 212 Å². The maximum atomic E-state index is 11.6. The summed E-state index contributed by atoms with van der Waals surface area (Å²) in [5, 5.41) is 0. The Balaban J connectivity index is -0.00000120. The Bertz CT molecular complexity index is 2210. The molecule has 0 aromatic heterocycles. The number of ether oxygens (including phenoxy) is 10. The highest BCUT2D eigenvalue weighted by Gasteiger charge is 2.56. The molecule has 0 radical (unpaired) electrons. The van der Waals surface area contributed by atoms with Crippen LogP contribution in [-0.2, 0) is 80.9 Å². The van der Waals surface area contributed by atoms with E-state index in [4.69, 9.17) is 37.9 Å². The lowest BCUT2D eigenvalue weighted by Gasteiger charge is -2.48. The average molecular weight is 1680 g/mol. The third-order valence-corrected chi connectivity index (χ3v) is 24.1. The van der Waals surface area contributed by atoms with Crippen molar-refractivity contribution in [2.75, 3.05) is 72.7 Å². The fraction of sp³-hybridized carbons (Fsp3) is 0.931. The van der Waals surface area contributed by atoms with Crippen molar-refractivity contribution >= 4 is 41.4 Å². The van der Waals surface area contributed by atoms with Crippen LogP contribution in [0.2, 0.25) is 0 Å². The Kier molecular flexibility index (Phi) is 81.0. The maximum absolute atomic E-state index is 11.6. The van der Waals surface area contributed by atoms with Crippen LogP contribution >= 0.6 is 0 Å². The van der Waals surface area contributed by atoms with Crippen molar-refractivity contribution in [1.82, 2.24) is 0 Å². The van der Waals surface area contributed by atoms with Crippen molar-refractivity contribution < 1.29 is 80.9 Å². The summed E-state index contributed by atoms with van der Waals surface area (Å²) in [6.45, 7) is 58.1. The average Bonchev–Trinajstić information content (AvgIpc) is 1.44. The SMILES string of the molecule is C1CC2COC(C1)C2.C1CCCOCC1.C1CCOC1.C1CCOCC1.C1OC2CC3CC1C2C3.CC.CC.CC.CC.CC.CC.CC.CC.CC.CC.CC.CC.O=C1C2CC3CC(C2)CC1C3.O=C1CC2CCC1C2.O=C1CCCCCO1.O=C1CCCCO1.O=C1CCCO1.O=C1OC2CC3CC1C2C3.O=C1OC2CCCC1C2. The van der Waals surface area contributed by atoms with Crippen molar-refractivity contribution in [1.29, 1.82) is 0 Å². The van der Waals surface area contributed by atoms with Gasteiger partial charge < -0.3 is 47.4 Å². The van der Waals surface area contributed by atoms with Gasteiger partial charge in [-0.25, -0.2) is 0 Å². The van der Waals surface area contributed by atoms with Crippen LogP contribution in [0.4, 0.5) is 0 Å². The van der Waals surface area contributed by atoms with Crippen molar-refractivity contribution in [2.24, 2.45) is 82.9 Å². The van der Waals surface area contributed by atoms with Crippen LogP contribution in [0.5, 0.6) is 0 Å². The predicted octanol–water partition coefficient (Wildman–Crippen LogP) is 26.5. The van der Waals surface area contributed by atoms with Gasteiger partial charge in [-0.1, -0.05) is 185 Å². The molecule has 12 saturated carbocycles. The zero-order valence-corrected chi connectivity index (χ0v) is 81.6. The second kappa shape index (κ2) is 80.6. The number of rotatable bonds is 0. The first kappa shape index (κ1) is 119. The number of cyclic esters (lactones) is 3. The molecule has 118 heavy (non-hydrogen) atoms. The first-order valence-corrected chi connectivity index (χ1v) is 50.9. The summed E-state index contributed by atoms with van der Waals surface area (Å²) in [5.74, 6) is 11.4. The van der Waals surface area contributed by atoms with E-state index in [9.17, 15) is 33.6 Å². The molecule has 22 aliphatic rings. The van der Waals surface area contributed by atoms with Crippen LogP contribution in [0, 0.1) is 82.9 Å². The summed E-state index contributed by atoms with van der Waals surface area (Å²) < 4.78 is 50.5. The van der Waals surface area contributed by atoms with E-state index < -0.39 is 0 Å². The third-order valence-electron chi connectivity index (χ3n) is 24.1. The molecule has 0 aromatic carbocycles. The number of carbonyl (C=O) groups excluding carboxylic acids is 7. The Labute approximate surface area is 728 Å². The highest BCUT2D eigenvalue weighted by molar-refractivity contribution is 5.85. The van der Waals surface area contributed by atoms with Crippen LogP contribution in [0.15, 0.2) is 0 Å². The summed E-state index contributed by atoms with van der Waals surface area (Å²) in [4.78, 5) is 75.0. The highest BCUT2D eigenvalue weighted by Crippen LogP contribution is 2.55. The Morgan fingerprint density at radius 1 is 0.254 bits per heavy atom. The lowest BCUT2D eigenvalue weighted by molar-refractivity contribution is -0.147. The number of carbonyl (C=O) groups is 7. The van der Waals surface area contributed by atoms with Gasteiger partial charge in [0.1, 0.15) is 23.8 Å². The van der Waals surface area contributed by atoms with Crippen molar-refractivity contribution in [2.45, 2.75) is 454 Å². The van der Waals surface area contributed by atoms with Gasteiger partial charge in [-0.2, -0.15) is 0 Å². The second-order valence-electron chi connectivity index (χ2n) is 31.4. The molecule has 0 aromatic rings. The minimum atomic E-state index is -0.0463. The smallest absolute Gasteiger partial charge is 0.309 e. The molecule has 17 nitrogen and oxygen atoms in total. The van der Waals surface area contributed by atoms with Gasteiger partial charge in [-0.3, -0.25) is 33.6 Å². The van der Waals surface area contributed by atoms with Gasteiger partial charge in [0.25, 0.3) is 0 Å². The molecule has 22 rings (SSSR count). The molecule has 14 bridgehead atoms. The van der Waals surface area contributed by atoms with Gasteiger partial charge in [0.2, 0.25) is 0 Å². The van der Waals surface area contributed by atoms with E-state index in [1.807, 2.05) is 166 Å². The van der Waals surface area contributed by atoms with Gasteiger partial charge >= 0.3 is 29.8 Å². The monoisotopic (exact) mass is 1680 g/mol. The number of ketones is 2. The van der Waals surface area contributed by atoms with E-state index in [1.165, 1.54) is 167 Å². The van der Waals surface area contributed by atoms with Crippen molar-refractivity contribution in [3.8, 4) is 0 Å². The number of fused-ring (bicyclic) bond motifs is 8. The molecule has 10 aliphatic heterocycles. The van der Waals surface area contributed by atoms with Crippen LogP contribution < -0.4 is 0 Å². The van der Waals surface area contributed by atoms with Crippen LogP contribution in [-0.4, -0.2) is 139 Å². The molecule has 10 heterocycles. The van der Waals surface area contributed by atoms with E-state index in [0.29, 0.717) is 98.6 Å². The fourth-order valence-corrected chi connectivity index (χ4v) is 19.2. The van der Waals surface area contributed by atoms with Crippen molar-refractivity contribution in [3.63, 3.8) is 0 Å². The Hall–Kier alpha value is -3.51. The van der Waals surface area contributed by atoms with Gasteiger partial charge in [-0.15, -0.1) is 0 Å². The molecular weight excluding hydrogens is 1490 g/mol. The molecule has 17 heteroatoms. The van der Waals surface area contributed by atoms with E-state index in [0.717, 1.165) is 177 Å². The molecule has 700 valence electrons. The molecule has 0 amide bonds. The predicted molar refractivity (Wildman–Crippen MR) is 489 cm³/mol. The number of hydrogen-bond donors (Lipinski definition) is 0. The number of Topliss-reactive ketones (excluding diaryl/α,β-unsaturated/α-hetero) is 2. The maximum Gasteiger partial charge on any atom is 0.309 e. The summed E-state index contributed by atoms with van der Waals surface area (Å²) in [5.41, 5.74) is 0. The molecule has 14 unspecified atom stereocenters. The van der Waals surface area contributed by atoms with Gasteiger partial charge in [0.05, 0.1) is 50.5 Å². The summed E-state index contributed by atoms with van der Waals surface area (Å²) >= 11 is 0. The largest absolute Gasteiger partial charge is 0.466 e. The minimum Gasteiger partial charge on any atom is -0.466 e. The highest BCUT2D eigenvalue weighted by atomic mass is 16.6. The Morgan fingerprint density at radius 3 is 1.04 bits per heavy atom. The molecule has 14 atom stereocenters. The van der Waals surface area contributed by atoms with E-state index in [-0.39, 0.29) is 41.9 Å². The van der Waals surface area contributed by atoms with Gasteiger partial charge in [0, 0.05) is 95.6 Å². The molecule has 22 fully saturated rings. The molecule has 0 spiro atoms. The quantitative estimate of drug-likeness (QED) is 0.163. The zero-order valence-electron chi connectivity index (χ0n) is 81.6. The fourth-order valence-electron chi connectivity index (χ4n) is 19.2. The van der Waals surface area contributed by atoms with Gasteiger partial charge in [-0.05, 0) is 266 Å². The van der Waals surface area contributed by atoms with E-state index in [1.54, 1.807) is 0 Å². The molecule has 10 saturated heterocycles.